The number of halogens is 1. The van der Waals surface area contributed by atoms with E-state index in [2.05, 4.69) is 22.6 Å². The molecule has 0 aromatic heterocycles. The number of hydrogen-bond acceptors (Lipinski definition) is 8. The fraction of sp³-hybridized carbons (Fsp3) is 0.393. The van der Waals surface area contributed by atoms with Crippen LogP contribution in [0.15, 0.2) is 53.8 Å². The van der Waals surface area contributed by atoms with Gasteiger partial charge in [-0.1, -0.05) is 30.3 Å². The van der Waals surface area contributed by atoms with Crippen LogP contribution in [-0.4, -0.2) is 69.5 Å². The molecule has 5 rings (SSSR count). The molecule has 2 aromatic rings. The lowest BCUT2D eigenvalue weighted by Crippen LogP contribution is -2.71. The van der Waals surface area contributed by atoms with Crippen LogP contribution in [0.5, 0.6) is 5.75 Å². The smallest absolute Gasteiger partial charge is 0.230 e. The van der Waals surface area contributed by atoms with Crippen LogP contribution in [0.3, 0.4) is 0 Å². The third-order valence-corrected chi connectivity index (χ3v) is 9.19. The summed E-state index contributed by atoms with van der Waals surface area (Å²) >= 11 is 2.10. The van der Waals surface area contributed by atoms with Crippen LogP contribution < -0.4 is 5.73 Å². The van der Waals surface area contributed by atoms with Crippen molar-refractivity contribution in [3.63, 3.8) is 0 Å². The van der Waals surface area contributed by atoms with Crippen LogP contribution >= 0.6 is 22.6 Å². The molecule has 6 atom stereocenters. The van der Waals surface area contributed by atoms with Crippen molar-refractivity contribution in [3.05, 3.63) is 74.1 Å². The number of phenolic OH excluding ortho intramolecular Hbond substituents is 1. The minimum absolute atomic E-state index is 0.0553. The molecular weight excluding hydrogens is 603 g/mol. The summed E-state index contributed by atoms with van der Waals surface area (Å²) in [5.74, 6) is -6.57. The number of phenols is 1. The molecular formula is C28H29IN2O7. The highest BCUT2D eigenvalue weighted by molar-refractivity contribution is 14.1. The Balaban J connectivity index is 1.63. The van der Waals surface area contributed by atoms with Gasteiger partial charge >= 0.3 is 0 Å². The molecule has 1 amide bonds. The molecule has 38 heavy (non-hydrogen) atoms. The number of likely N-dealkylation sites (N-methyl/N-ethyl adjacent to an activating group) is 1. The largest absolute Gasteiger partial charge is 0.508 e. The van der Waals surface area contributed by atoms with Crippen LogP contribution in [0.1, 0.15) is 27.9 Å². The van der Waals surface area contributed by atoms with Gasteiger partial charge in [0, 0.05) is 21.1 Å². The van der Waals surface area contributed by atoms with Crippen molar-refractivity contribution < 1.29 is 34.4 Å². The second kappa shape index (κ2) is 9.74. The Morgan fingerprint density at radius 2 is 1.84 bits per heavy atom. The summed E-state index contributed by atoms with van der Waals surface area (Å²) in [4.78, 5) is 41.9. The first-order valence-corrected chi connectivity index (χ1v) is 13.4. The van der Waals surface area contributed by atoms with Crippen molar-refractivity contribution in [1.82, 2.24) is 4.90 Å². The van der Waals surface area contributed by atoms with E-state index < -0.39 is 58.7 Å². The maximum Gasteiger partial charge on any atom is 0.230 e. The molecule has 3 aliphatic rings. The van der Waals surface area contributed by atoms with Crippen LogP contribution in [0.25, 0.3) is 0 Å². The SMILES string of the molecule is CN(C)[C@@H]1C(OCc2ccccc2)C(C(N)=O)C(=O)[C@@]2(O)C(O)=C3C(=O)c4c(O)ccc(I)c4C[C@H]3C[C@@H]12. The Hall–Kier alpha value is -2.80. The number of carbonyl (C=O) groups is 3. The number of primary amides is 1. The van der Waals surface area contributed by atoms with Crippen LogP contribution in [0, 0.1) is 21.3 Å². The van der Waals surface area contributed by atoms with Gasteiger partial charge in [-0.15, -0.1) is 0 Å². The molecule has 3 aliphatic carbocycles. The molecule has 9 nitrogen and oxygen atoms in total. The molecule has 0 radical (unpaired) electrons. The van der Waals surface area contributed by atoms with E-state index in [1.165, 1.54) is 6.07 Å². The zero-order valence-electron chi connectivity index (χ0n) is 20.9. The maximum atomic E-state index is 13.9. The molecule has 2 unspecified atom stereocenters. The lowest BCUT2D eigenvalue weighted by atomic mass is 9.56. The van der Waals surface area contributed by atoms with Gasteiger partial charge in [-0.3, -0.25) is 14.4 Å². The summed E-state index contributed by atoms with van der Waals surface area (Å²) in [6, 6.07) is 11.7. The van der Waals surface area contributed by atoms with Crippen molar-refractivity contribution in [1.29, 1.82) is 0 Å². The highest BCUT2D eigenvalue weighted by Gasteiger charge is 2.66. The molecule has 200 valence electrons. The summed E-state index contributed by atoms with van der Waals surface area (Å²) in [7, 11) is 3.49. The highest BCUT2D eigenvalue weighted by atomic mass is 127. The Morgan fingerprint density at radius 1 is 1.16 bits per heavy atom. The summed E-state index contributed by atoms with van der Waals surface area (Å²) in [5, 5.41) is 33.9. The van der Waals surface area contributed by atoms with E-state index in [0.29, 0.717) is 12.0 Å². The average molecular weight is 632 g/mol. The van der Waals surface area contributed by atoms with Crippen molar-refractivity contribution in [2.45, 2.75) is 37.2 Å². The number of fused-ring (bicyclic) bond motifs is 3. The van der Waals surface area contributed by atoms with Gasteiger partial charge in [-0.2, -0.15) is 0 Å². The molecule has 0 aliphatic heterocycles. The molecule has 1 fully saturated rings. The Bertz CT molecular complexity index is 1360. The monoisotopic (exact) mass is 632 g/mol. The van der Waals surface area contributed by atoms with E-state index in [4.69, 9.17) is 10.5 Å². The van der Waals surface area contributed by atoms with Gasteiger partial charge in [0.05, 0.1) is 18.3 Å². The van der Waals surface area contributed by atoms with E-state index in [9.17, 15) is 29.7 Å². The number of aliphatic hydroxyl groups excluding tert-OH is 1. The molecule has 5 N–H and O–H groups in total. The van der Waals surface area contributed by atoms with E-state index >= 15 is 0 Å². The summed E-state index contributed by atoms with van der Waals surface area (Å²) in [6.07, 6.45) is -0.480. The van der Waals surface area contributed by atoms with Gasteiger partial charge in [0.25, 0.3) is 0 Å². The van der Waals surface area contributed by atoms with Crippen LogP contribution in [-0.2, 0) is 27.4 Å². The summed E-state index contributed by atoms with van der Waals surface area (Å²) in [6.45, 7) is 0.109. The summed E-state index contributed by atoms with van der Waals surface area (Å²) < 4.78 is 6.99. The quantitative estimate of drug-likeness (QED) is 0.289. The number of carbonyl (C=O) groups excluding carboxylic acids is 3. The predicted octanol–water partition coefficient (Wildman–Crippen LogP) is 2.11. The second-order valence-corrected chi connectivity index (χ2v) is 11.6. The first kappa shape index (κ1) is 26.8. The number of aromatic hydroxyl groups is 1. The number of ether oxygens (including phenoxy) is 1. The number of aliphatic hydroxyl groups is 2. The third kappa shape index (κ3) is 3.96. The molecule has 0 bridgehead atoms. The molecule has 10 heteroatoms. The van der Waals surface area contributed by atoms with Gasteiger partial charge in [-0.25, -0.2) is 0 Å². The number of ketones is 2. The van der Waals surface area contributed by atoms with Gasteiger partial charge in [0.15, 0.2) is 17.2 Å². The predicted molar refractivity (Wildman–Crippen MR) is 145 cm³/mol. The average Bonchev–Trinajstić information content (AvgIpc) is 2.87. The Morgan fingerprint density at radius 3 is 2.47 bits per heavy atom. The molecule has 1 saturated carbocycles. The van der Waals surface area contributed by atoms with Crippen molar-refractivity contribution in [3.8, 4) is 5.75 Å². The van der Waals surface area contributed by atoms with E-state index in [-0.39, 0.29) is 29.9 Å². The lowest BCUT2D eigenvalue weighted by molar-refractivity contribution is -0.186. The number of allylic oxidation sites excluding steroid dienone is 1. The van der Waals surface area contributed by atoms with Crippen LogP contribution in [0.2, 0.25) is 0 Å². The van der Waals surface area contributed by atoms with E-state index in [1.807, 2.05) is 30.3 Å². The third-order valence-electron chi connectivity index (χ3n) is 8.18. The first-order valence-electron chi connectivity index (χ1n) is 12.3. The zero-order chi connectivity index (χ0) is 27.5. The van der Waals surface area contributed by atoms with Crippen LogP contribution in [0.4, 0.5) is 0 Å². The fourth-order valence-electron chi connectivity index (χ4n) is 6.50. The second-order valence-electron chi connectivity index (χ2n) is 10.5. The minimum atomic E-state index is -2.52. The zero-order valence-corrected chi connectivity index (χ0v) is 23.1. The number of rotatable bonds is 5. The van der Waals surface area contributed by atoms with E-state index in [0.717, 1.165) is 9.13 Å². The molecule has 0 spiro atoms. The summed E-state index contributed by atoms with van der Waals surface area (Å²) in [5.41, 5.74) is 4.63. The number of Topliss-reactive ketones (excluding diaryl/α,β-unsaturated/α-hetero) is 2. The van der Waals surface area contributed by atoms with Gasteiger partial charge in [0.2, 0.25) is 5.91 Å². The fourth-order valence-corrected chi connectivity index (χ4v) is 7.17. The maximum absolute atomic E-state index is 13.9. The van der Waals surface area contributed by atoms with Gasteiger partial charge in [-0.05, 0) is 78.7 Å². The molecule has 2 aromatic carbocycles. The topological polar surface area (TPSA) is 150 Å². The van der Waals surface area contributed by atoms with Crippen molar-refractivity contribution >= 4 is 40.1 Å². The van der Waals surface area contributed by atoms with Crippen molar-refractivity contribution in [2.75, 3.05) is 14.1 Å². The number of amides is 1. The number of nitrogens with zero attached hydrogens (tertiary/aromatic N) is 1. The number of benzene rings is 2. The molecule has 0 heterocycles. The Labute approximate surface area is 233 Å². The van der Waals surface area contributed by atoms with Gasteiger partial charge < -0.3 is 30.7 Å². The standard InChI is InChI=1S/C28H29IN2O7/c1-31(2)22-16-11-14-10-15-17(29)8-9-18(32)20(15)23(33)19(14)25(34)28(16,37)26(35)21(27(30)36)24(22)38-12-13-6-4-3-5-7-13/h3-9,14,16,21-22,24,32,34,37H,10-12H2,1-2H3,(H2,30,36)/t14-,16-,21?,22-,24?,28-/m0/s1. The van der Waals surface area contributed by atoms with Gasteiger partial charge in [0.1, 0.15) is 17.4 Å². The Kier molecular flexibility index (Phi) is 6.87. The number of hydrogen-bond donors (Lipinski definition) is 4. The molecule has 0 saturated heterocycles. The number of nitrogens with two attached hydrogens (primary N) is 1. The first-order chi connectivity index (χ1) is 18.0. The lowest BCUT2D eigenvalue weighted by Gasteiger charge is -2.54. The van der Waals surface area contributed by atoms with E-state index in [1.54, 1.807) is 25.1 Å². The van der Waals surface area contributed by atoms with Crippen molar-refractivity contribution in [2.24, 2.45) is 23.5 Å². The normalized spacial score (nSPS) is 30.6. The minimum Gasteiger partial charge on any atom is -0.508 e. The highest BCUT2D eigenvalue weighted by Crippen LogP contribution is 2.53.